The highest BCUT2D eigenvalue weighted by molar-refractivity contribution is 7.89. The van der Waals surface area contributed by atoms with E-state index in [1.54, 1.807) is 18.3 Å². The largest absolute Gasteiger partial charge is 0.481 e. The molecule has 0 aliphatic heterocycles. The van der Waals surface area contributed by atoms with Crippen LogP contribution in [0.15, 0.2) is 18.3 Å². The van der Waals surface area contributed by atoms with Crippen LogP contribution in [0.2, 0.25) is 25.7 Å². The number of rotatable bonds is 16. The van der Waals surface area contributed by atoms with Gasteiger partial charge in [0.25, 0.3) is 0 Å². The Balaban J connectivity index is 2.18. The zero-order chi connectivity index (χ0) is 26.1. The molecule has 2 aromatic heterocycles. The molecule has 0 radical (unpaired) electrons. The minimum atomic E-state index is -3.55. The molecular formula is C21H37N7O5SSi. The second kappa shape index (κ2) is 13.0. The smallest absolute Gasteiger partial charge is 0.307 e. The van der Waals surface area contributed by atoms with E-state index in [4.69, 9.17) is 9.88 Å². The van der Waals surface area contributed by atoms with Crippen molar-refractivity contribution in [3.63, 3.8) is 0 Å². The van der Waals surface area contributed by atoms with Gasteiger partial charge >= 0.3 is 5.97 Å². The van der Waals surface area contributed by atoms with Gasteiger partial charge in [-0.1, -0.05) is 33.0 Å². The summed E-state index contributed by atoms with van der Waals surface area (Å²) in [6.07, 6.45) is 3.07. The topological polar surface area (TPSA) is 175 Å². The summed E-state index contributed by atoms with van der Waals surface area (Å²) >= 11 is 0. The van der Waals surface area contributed by atoms with Gasteiger partial charge in [-0.05, 0) is 35.0 Å². The molecule has 0 aliphatic rings. The van der Waals surface area contributed by atoms with E-state index in [9.17, 15) is 18.3 Å². The molecule has 2 aromatic rings. The van der Waals surface area contributed by atoms with Crippen LogP contribution in [0, 0.1) is 5.92 Å². The third-order valence-corrected chi connectivity index (χ3v) is 7.95. The molecule has 196 valence electrons. The number of anilines is 1. The molecule has 2 atom stereocenters. The summed E-state index contributed by atoms with van der Waals surface area (Å²) in [6.45, 7) is 9.66. The van der Waals surface area contributed by atoms with Gasteiger partial charge in [-0.15, -0.1) is 5.10 Å². The molecule has 0 fully saturated rings. The van der Waals surface area contributed by atoms with Gasteiger partial charge in [0.15, 0.2) is 5.82 Å². The molecule has 0 saturated heterocycles. The quantitative estimate of drug-likeness (QED) is 0.216. The van der Waals surface area contributed by atoms with Crippen molar-refractivity contribution in [1.82, 2.24) is 25.2 Å². The first-order valence-electron chi connectivity index (χ1n) is 11.7. The van der Waals surface area contributed by atoms with Gasteiger partial charge in [-0.3, -0.25) is 9.78 Å². The van der Waals surface area contributed by atoms with Crippen molar-refractivity contribution < 1.29 is 23.1 Å². The number of carboxylic acid groups (broad SMARTS) is 1. The Morgan fingerprint density at radius 2 is 2.06 bits per heavy atom. The number of carboxylic acids is 1. The van der Waals surface area contributed by atoms with E-state index >= 15 is 0 Å². The van der Waals surface area contributed by atoms with Gasteiger partial charge in [-0.2, -0.15) is 0 Å². The lowest BCUT2D eigenvalue weighted by atomic mass is 9.84. The van der Waals surface area contributed by atoms with E-state index in [1.165, 1.54) is 4.68 Å². The Kier molecular flexibility index (Phi) is 10.7. The summed E-state index contributed by atoms with van der Waals surface area (Å²) in [7, 11) is -4.80. The van der Waals surface area contributed by atoms with Gasteiger partial charge in [0.05, 0.1) is 23.6 Å². The fourth-order valence-electron chi connectivity index (χ4n) is 3.53. The van der Waals surface area contributed by atoms with E-state index < -0.39 is 35.9 Å². The molecule has 0 aromatic carbocycles. The number of aliphatic carboxylic acids is 1. The Morgan fingerprint density at radius 3 is 2.63 bits per heavy atom. The van der Waals surface area contributed by atoms with Crippen LogP contribution in [-0.4, -0.2) is 71.7 Å². The fraction of sp³-hybridized carbons (Fsp3) is 0.667. The molecule has 12 nitrogen and oxygen atoms in total. The van der Waals surface area contributed by atoms with Crippen LogP contribution in [0.3, 0.4) is 0 Å². The van der Waals surface area contributed by atoms with E-state index in [1.807, 2.05) is 6.92 Å². The summed E-state index contributed by atoms with van der Waals surface area (Å²) in [6, 6.07) is 4.54. The number of pyridine rings is 1. The standard InChI is InChI=1S/C21H37N7O5SSi/c1-5-6-18(21(29)30)19(20-25-26-27-28(20)15-33-10-12-35(2,3)4)13-16-7-8-17(14-24-16)23-9-11-34(22,31)32/h7-8,14,18-19,23H,5-6,9-13,15H2,1-4H3,(H,29,30)(H2,22,31,32)/t18-,19-/m0/s1. The lowest BCUT2D eigenvalue weighted by Gasteiger charge is -2.23. The maximum absolute atomic E-state index is 12.2. The highest BCUT2D eigenvalue weighted by atomic mass is 32.2. The van der Waals surface area contributed by atoms with Crippen molar-refractivity contribution in [2.75, 3.05) is 24.2 Å². The Hall–Kier alpha value is -2.42. The first-order valence-corrected chi connectivity index (χ1v) is 17.1. The summed E-state index contributed by atoms with van der Waals surface area (Å²) < 4.78 is 29.5. The first kappa shape index (κ1) is 28.8. The molecule has 2 rings (SSSR count). The number of carbonyl (C=O) groups is 1. The summed E-state index contributed by atoms with van der Waals surface area (Å²) in [4.78, 5) is 16.6. The lowest BCUT2D eigenvalue weighted by molar-refractivity contribution is -0.143. The number of ether oxygens (including phenoxy) is 1. The maximum atomic E-state index is 12.2. The van der Waals surface area contributed by atoms with Crippen molar-refractivity contribution in [2.45, 2.75) is 64.5 Å². The number of aromatic nitrogens is 5. The summed E-state index contributed by atoms with van der Waals surface area (Å²) in [5, 5.41) is 29.9. The van der Waals surface area contributed by atoms with Crippen LogP contribution in [-0.2, 0) is 32.7 Å². The van der Waals surface area contributed by atoms with Crippen molar-refractivity contribution in [3.8, 4) is 0 Å². The Labute approximate surface area is 207 Å². The van der Waals surface area contributed by atoms with Crippen LogP contribution < -0.4 is 10.5 Å². The highest BCUT2D eigenvalue weighted by Crippen LogP contribution is 2.30. The molecule has 0 aliphatic carbocycles. The Morgan fingerprint density at radius 1 is 1.31 bits per heavy atom. The molecule has 2 heterocycles. The number of tetrazole rings is 1. The van der Waals surface area contributed by atoms with Gasteiger partial charge in [0, 0.05) is 39.3 Å². The minimum absolute atomic E-state index is 0.155. The second-order valence-corrected chi connectivity index (χ2v) is 17.1. The van der Waals surface area contributed by atoms with E-state index in [-0.39, 0.29) is 19.0 Å². The number of nitrogens with zero attached hydrogens (tertiary/aromatic N) is 5. The van der Waals surface area contributed by atoms with E-state index in [0.29, 0.717) is 43.1 Å². The molecule has 35 heavy (non-hydrogen) atoms. The first-order chi connectivity index (χ1) is 16.4. The SMILES string of the molecule is CCC[C@H](C(=O)O)[C@H](Cc1ccc(NCCS(N)(=O)=O)cn1)c1nnnn1COCC[Si](C)(C)C. The molecule has 0 unspecified atom stereocenters. The molecule has 0 saturated carbocycles. The maximum Gasteiger partial charge on any atom is 0.307 e. The van der Waals surface area contributed by atoms with Gasteiger partial charge in [0.2, 0.25) is 10.0 Å². The number of nitrogens with one attached hydrogen (secondary N) is 1. The number of nitrogens with two attached hydrogens (primary N) is 1. The van der Waals surface area contributed by atoms with Crippen LogP contribution in [0.5, 0.6) is 0 Å². The minimum Gasteiger partial charge on any atom is -0.481 e. The van der Waals surface area contributed by atoms with Gasteiger partial charge in [0.1, 0.15) is 6.73 Å². The van der Waals surface area contributed by atoms with Gasteiger partial charge < -0.3 is 15.2 Å². The van der Waals surface area contributed by atoms with E-state index in [2.05, 4.69) is 45.5 Å². The zero-order valence-electron chi connectivity index (χ0n) is 20.8. The molecule has 0 bridgehead atoms. The van der Waals surface area contributed by atoms with Crippen LogP contribution in [0.1, 0.15) is 37.2 Å². The van der Waals surface area contributed by atoms with E-state index in [0.717, 1.165) is 6.04 Å². The third-order valence-electron chi connectivity index (χ3n) is 5.47. The Bertz CT molecular complexity index is 1040. The van der Waals surface area contributed by atoms with Crippen LogP contribution >= 0.6 is 0 Å². The summed E-state index contributed by atoms with van der Waals surface area (Å²) in [5.74, 6) is -1.85. The monoisotopic (exact) mass is 527 g/mol. The van der Waals surface area contributed by atoms with Crippen molar-refractivity contribution >= 4 is 29.8 Å². The molecule has 0 amide bonds. The summed E-state index contributed by atoms with van der Waals surface area (Å²) in [5.41, 5.74) is 1.31. The molecule has 0 spiro atoms. The predicted molar refractivity (Wildman–Crippen MR) is 135 cm³/mol. The second-order valence-electron chi connectivity index (χ2n) is 9.76. The average Bonchev–Trinajstić information content (AvgIpc) is 3.21. The van der Waals surface area contributed by atoms with Crippen molar-refractivity contribution in [1.29, 1.82) is 0 Å². The van der Waals surface area contributed by atoms with Crippen molar-refractivity contribution in [2.24, 2.45) is 11.1 Å². The predicted octanol–water partition coefficient (Wildman–Crippen LogP) is 1.91. The van der Waals surface area contributed by atoms with Crippen LogP contribution in [0.4, 0.5) is 5.69 Å². The lowest BCUT2D eigenvalue weighted by Crippen LogP contribution is -2.28. The number of hydrogen-bond donors (Lipinski definition) is 3. The number of sulfonamides is 1. The molecular weight excluding hydrogens is 490 g/mol. The van der Waals surface area contributed by atoms with Crippen LogP contribution in [0.25, 0.3) is 0 Å². The molecule has 4 N–H and O–H groups in total. The number of hydrogen-bond acceptors (Lipinski definition) is 9. The fourth-order valence-corrected chi connectivity index (χ4v) is 4.68. The van der Waals surface area contributed by atoms with Gasteiger partial charge in [-0.25, -0.2) is 18.2 Å². The highest BCUT2D eigenvalue weighted by Gasteiger charge is 2.33. The molecule has 14 heteroatoms. The van der Waals surface area contributed by atoms with Crippen molar-refractivity contribution in [3.05, 3.63) is 29.8 Å². The third kappa shape index (κ3) is 10.4. The average molecular weight is 528 g/mol. The number of primary sulfonamides is 1. The normalized spacial score (nSPS) is 14.0. The zero-order valence-corrected chi connectivity index (χ0v) is 22.7.